The van der Waals surface area contributed by atoms with Crippen molar-refractivity contribution >= 4 is 23.5 Å². The molecule has 25 heavy (non-hydrogen) atoms. The number of amides is 1. The third-order valence-electron chi connectivity index (χ3n) is 3.26. The van der Waals surface area contributed by atoms with Crippen molar-refractivity contribution in [3.63, 3.8) is 0 Å². The van der Waals surface area contributed by atoms with Crippen molar-refractivity contribution in [3.8, 4) is 0 Å². The van der Waals surface area contributed by atoms with Crippen molar-refractivity contribution in [1.29, 1.82) is 0 Å². The second-order valence-corrected chi connectivity index (χ2v) is 5.19. The Morgan fingerprint density at radius 3 is 2.48 bits per heavy atom. The molecule has 2 aromatic rings. The van der Waals surface area contributed by atoms with E-state index in [1.54, 1.807) is 26.0 Å². The van der Waals surface area contributed by atoms with Crippen LogP contribution in [-0.4, -0.2) is 41.5 Å². The van der Waals surface area contributed by atoms with Crippen LogP contribution in [0.2, 0.25) is 0 Å². The van der Waals surface area contributed by atoms with Gasteiger partial charge in [0.05, 0.1) is 24.6 Å². The molecule has 0 aliphatic carbocycles. The van der Waals surface area contributed by atoms with Crippen LogP contribution in [0.15, 0.2) is 30.6 Å². The first kappa shape index (κ1) is 18.1. The molecule has 2 rings (SSSR count). The second kappa shape index (κ2) is 8.00. The minimum absolute atomic E-state index is 0.0160. The van der Waals surface area contributed by atoms with Crippen LogP contribution in [0.5, 0.6) is 0 Å². The van der Waals surface area contributed by atoms with Crippen molar-refractivity contribution in [3.05, 3.63) is 53.1 Å². The summed E-state index contributed by atoms with van der Waals surface area (Å²) in [4.78, 5) is 43.1. The molecular weight excluding hydrogens is 326 g/mol. The van der Waals surface area contributed by atoms with Crippen molar-refractivity contribution in [2.75, 3.05) is 19.0 Å². The van der Waals surface area contributed by atoms with Crippen LogP contribution in [-0.2, 0) is 14.3 Å². The van der Waals surface area contributed by atoms with Gasteiger partial charge < -0.3 is 14.8 Å². The van der Waals surface area contributed by atoms with E-state index >= 15 is 0 Å². The highest BCUT2D eigenvalue weighted by Gasteiger charge is 2.14. The third-order valence-corrected chi connectivity index (χ3v) is 3.26. The fourth-order valence-corrected chi connectivity index (χ4v) is 1.89. The van der Waals surface area contributed by atoms with Gasteiger partial charge in [-0.3, -0.25) is 9.78 Å². The van der Waals surface area contributed by atoms with Gasteiger partial charge in [0.15, 0.2) is 12.3 Å². The number of aromatic nitrogens is 2. The Hall–Kier alpha value is -3.29. The zero-order valence-corrected chi connectivity index (χ0v) is 14.0. The maximum absolute atomic E-state index is 12.0. The van der Waals surface area contributed by atoms with Crippen molar-refractivity contribution in [2.24, 2.45) is 0 Å². The Morgan fingerprint density at radius 1 is 1.08 bits per heavy atom. The number of ether oxygens (including phenoxy) is 2. The summed E-state index contributed by atoms with van der Waals surface area (Å²) < 4.78 is 9.53. The van der Waals surface area contributed by atoms with E-state index < -0.39 is 24.5 Å². The summed E-state index contributed by atoms with van der Waals surface area (Å²) in [5.74, 6) is -1.80. The van der Waals surface area contributed by atoms with E-state index in [0.29, 0.717) is 16.9 Å². The SMILES string of the molecule is COC(=O)c1ccc(C)c(NC(=O)COC(=O)c2cnc(C)cn2)c1. The third kappa shape index (κ3) is 4.84. The van der Waals surface area contributed by atoms with Gasteiger partial charge in [0.25, 0.3) is 5.91 Å². The van der Waals surface area contributed by atoms with Crippen LogP contribution in [0, 0.1) is 13.8 Å². The number of esters is 2. The van der Waals surface area contributed by atoms with Gasteiger partial charge in [0, 0.05) is 11.9 Å². The number of benzene rings is 1. The monoisotopic (exact) mass is 343 g/mol. The van der Waals surface area contributed by atoms with Gasteiger partial charge in [0.2, 0.25) is 0 Å². The Bertz CT molecular complexity index is 802. The lowest BCUT2D eigenvalue weighted by atomic mass is 10.1. The van der Waals surface area contributed by atoms with Gasteiger partial charge in [-0.2, -0.15) is 0 Å². The molecule has 1 heterocycles. The molecule has 0 bridgehead atoms. The fraction of sp³-hybridized carbons (Fsp3) is 0.235. The number of nitrogens with one attached hydrogen (secondary N) is 1. The Kier molecular flexibility index (Phi) is 5.78. The zero-order valence-electron chi connectivity index (χ0n) is 14.0. The molecule has 0 unspecified atom stereocenters. The molecule has 0 atom stereocenters. The maximum Gasteiger partial charge on any atom is 0.359 e. The lowest BCUT2D eigenvalue weighted by Gasteiger charge is -2.10. The molecule has 0 aliphatic heterocycles. The fourth-order valence-electron chi connectivity index (χ4n) is 1.89. The average molecular weight is 343 g/mol. The molecular formula is C17H17N3O5. The number of hydrogen-bond donors (Lipinski definition) is 1. The molecule has 1 amide bonds. The van der Waals surface area contributed by atoms with Gasteiger partial charge in [-0.05, 0) is 31.5 Å². The first-order valence-electron chi connectivity index (χ1n) is 7.35. The van der Waals surface area contributed by atoms with E-state index in [4.69, 9.17) is 4.74 Å². The molecule has 8 heteroatoms. The van der Waals surface area contributed by atoms with Crippen LogP contribution >= 0.6 is 0 Å². The first-order chi connectivity index (χ1) is 11.9. The Balaban J connectivity index is 1.97. The van der Waals surface area contributed by atoms with Crippen LogP contribution in [0.3, 0.4) is 0 Å². The van der Waals surface area contributed by atoms with E-state index in [9.17, 15) is 14.4 Å². The van der Waals surface area contributed by atoms with Crippen LogP contribution in [0.25, 0.3) is 0 Å². The van der Waals surface area contributed by atoms with E-state index in [1.807, 2.05) is 0 Å². The number of rotatable bonds is 5. The smallest absolute Gasteiger partial charge is 0.359 e. The summed E-state index contributed by atoms with van der Waals surface area (Å²) in [6.07, 6.45) is 2.71. The molecule has 1 N–H and O–H groups in total. The highest BCUT2D eigenvalue weighted by atomic mass is 16.5. The molecule has 0 saturated heterocycles. The largest absolute Gasteiger partial charge is 0.465 e. The van der Waals surface area contributed by atoms with E-state index in [1.165, 1.54) is 25.6 Å². The predicted molar refractivity (Wildman–Crippen MR) is 88.2 cm³/mol. The van der Waals surface area contributed by atoms with Gasteiger partial charge in [-0.1, -0.05) is 6.07 Å². The maximum atomic E-state index is 12.0. The van der Waals surface area contributed by atoms with Gasteiger partial charge in [0.1, 0.15) is 0 Å². The van der Waals surface area contributed by atoms with E-state index in [0.717, 1.165) is 5.56 Å². The number of nitrogens with zero attached hydrogens (tertiary/aromatic N) is 2. The molecule has 0 radical (unpaired) electrons. The van der Waals surface area contributed by atoms with Crippen molar-refractivity contribution in [2.45, 2.75) is 13.8 Å². The minimum Gasteiger partial charge on any atom is -0.465 e. The van der Waals surface area contributed by atoms with Gasteiger partial charge >= 0.3 is 11.9 Å². The van der Waals surface area contributed by atoms with E-state index in [2.05, 4.69) is 20.0 Å². The van der Waals surface area contributed by atoms with Crippen LogP contribution in [0.1, 0.15) is 32.1 Å². The molecule has 0 spiro atoms. The highest BCUT2D eigenvalue weighted by Crippen LogP contribution is 2.17. The molecule has 0 fully saturated rings. The molecule has 1 aromatic heterocycles. The van der Waals surface area contributed by atoms with Crippen LogP contribution < -0.4 is 5.32 Å². The Morgan fingerprint density at radius 2 is 1.84 bits per heavy atom. The summed E-state index contributed by atoms with van der Waals surface area (Å²) in [6.45, 7) is 3.02. The number of methoxy groups -OCH3 is 1. The number of carbonyl (C=O) groups is 3. The molecule has 0 saturated carbocycles. The number of aryl methyl sites for hydroxylation is 2. The molecule has 0 aliphatic rings. The summed E-state index contributed by atoms with van der Waals surface area (Å²) in [5.41, 5.74) is 2.16. The molecule has 8 nitrogen and oxygen atoms in total. The first-order valence-corrected chi connectivity index (χ1v) is 7.35. The topological polar surface area (TPSA) is 107 Å². The standard InChI is InChI=1S/C17H17N3O5/c1-10-4-5-12(16(22)24-3)6-13(10)20-15(21)9-25-17(23)14-8-18-11(2)7-19-14/h4-8H,9H2,1-3H3,(H,20,21). The van der Waals surface area contributed by atoms with Crippen molar-refractivity contribution in [1.82, 2.24) is 9.97 Å². The summed E-state index contributed by atoms with van der Waals surface area (Å²) in [5, 5.41) is 2.59. The minimum atomic E-state index is -0.748. The number of hydrogen-bond acceptors (Lipinski definition) is 7. The Labute approximate surface area is 144 Å². The highest BCUT2D eigenvalue weighted by molar-refractivity contribution is 5.97. The van der Waals surface area contributed by atoms with Crippen LogP contribution in [0.4, 0.5) is 5.69 Å². The predicted octanol–water partition coefficient (Wildman–Crippen LogP) is 1.68. The normalized spacial score (nSPS) is 10.0. The lowest BCUT2D eigenvalue weighted by Crippen LogP contribution is -2.22. The average Bonchev–Trinajstić information content (AvgIpc) is 2.61. The summed E-state index contributed by atoms with van der Waals surface area (Å²) in [6, 6.07) is 4.76. The molecule has 1 aromatic carbocycles. The van der Waals surface area contributed by atoms with E-state index in [-0.39, 0.29) is 5.69 Å². The van der Waals surface area contributed by atoms with Gasteiger partial charge in [-0.15, -0.1) is 0 Å². The zero-order chi connectivity index (χ0) is 18.4. The quantitative estimate of drug-likeness (QED) is 0.823. The van der Waals surface area contributed by atoms with Gasteiger partial charge in [-0.25, -0.2) is 14.6 Å². The lowest BCUT2D eigenvalue weighted by molar-refractivity contribution is -0.119. The second-order valence-electron chi connectivity index (χ2n) is 5.19. The summed E-state index contributed by atoms with van der Waals surface area (Å²) >= 11 is 0. The molecule has 130 valence electrons. The van der Waals surface area contributed by atoms with Crippen molar-refractivity contribution < 1.29 is 23.9 Å². The number of anilines is 1. The number of carbonyl (C=O) groups excluding carboxylic acids is 3. The summed E-state index contributed by atoms with van der Waals surface area (Å²) in [7, 11) is 1.27.